The van der Waals surface area contributed by atoms with Crippen LogP contribution in [0.4, 0.5) is 0 Å². The number of allylic oxidation sites excluding steroid dienone is 4. The van der Waals surface area contributed by atoms with Gasteiger partial charge in [0.1, 0.15) is 0 Å². The summed E-state index contributed by atoms with van der Waals surface area (Å²) in [6, 6.07) is 0. The molecule has 1 radical (unpaired) electrons. The molecule has 0 saturated heterocycles. The van der Waals surface area contributed by atoms with E-state index in [9.17, 15) is 0 Å². The van der Waals surface area contributed by atoms with Crippen molar-refractivity contribution >= 4 is 0 Å². The van der Waals surface area contributed by atoms with E-state index in [4.69, 9.17) is 0 Å². The molecule has 0 heterocycles. The van der Waals surface area contributed by atoms with Gasteiger partial charge < -0.3 is 0 Å². The van der Waals surface area contributed by atoms with Crippen LogP contribution in [0.15, 0.2) is 18.2 Å². The monoisotopic (exact) mass is 95.1 g/mol. The fourth-order valence-corrected chi connectivity index (χ4v) is 0.322. The summed E-state index contributed by atoms with van der Waals surface area (Å²) in [5, 5.41) is 0. The summed E-state index contributed by atoms with van der Waals surface area (Å²) in [7, 11) is 0. The summed E-state index contributed by atoms with van der Waals surface area (Å²) >= 11 is 0. The molecule has 0 atom stereocenters. The van der Waals surface area contributed by atoms with Crippen LogP contribution in [0, 0.1) is 6.08 Å². The minimum Gasteiger partial charge on any atom is -0.0914 e. The van der Waals surface area contributed by atoms with Gasteiger partial charge in [0.25, 0.3) is 0 Å². The molecule has 0 aliphatic carbocycles. The number of hydrogen-bond donors (Lipinski definition) is 0. The van der Waals surface area contributed by atoms with E-state index in [2.05, 4.69) is 12.2 Å². The van der Waals surface area contributed by atoms with E-state index in [1.54, 1.807) is 0 Å². The van der Waals surface area contributed by atoms with E-state index in [1.165, 1.54) is 0 Å². The maximum atomic E-state index is 2.93. The Morgan fingerprint density at radius 2 is 2.29 bits per heavy atom. The summed E-state index contributed by atoms with van der Waals surface area (Å²) in [5.41, 5.74) is 0. The molecule has 0 nitrogen and oxygen atoms in total. The lowest BCUT2D eigenvalue weighted by molar-refractivity contribution is 1.35. The average Bonchev–Trinajstić information content (AvgIpc) is 1.69. The Labute approximate surface area is 45.5 Å². The van der Waals surface area contributed by atoms with Crippen molar-refractivity contribution in [1.29, 1.82) is 0 Å². The van der Waals surface area contributed by atoms with Crippen molar-refractivity contribution in [3.63, 3.8) is 0 Å². The molecule has 0 rings (SSSR count). The molecule has 0 aromatic carbocycles. The Morgan fingerprint density at radius 3 is 2.71 bits per heavy atom. The van der Waals surface area contributed by atoms with Crippen LogP contribution in [0.25, 0.3) is 0 Å². The largest absolute Gasteiger partial charge is 0.0914 e. The normalized spacial score (nSPS) is 11.7. The highest BCUT2D eigenvalue weighted by Gasteiger charge is 1.61. The Kier molecular flexibility index (Phi) is 5.07. The zero-order valence-electron chi connectivity index (χ0n) is 4.94. The van der Waals surface area contributed by atoms with Gasteiger partial charge in [0.2, 0.25) is 0 Å². The first-order valence-electron chi connectivity index (χ1n) is 2.52. The summed E-state index contributed by atoms with van der Waals surface area (Å²) < 4.78 is 0. The van der Waals surface area contributed by atoms with Crippen molar-refractivity contribution in [3.8, 4) is 0 Å². The zero-order chi connectivity index (χ0) is 5.54. The van der Waals surface area contributed by atoms with Crippen LogP contribution in [-0.4, -0.2) is 0 Å². The van der Waals surface area contributed by atoms with E-state index in [-0.39, 0.29) is 0 Å². The Balaban J connectivity index is 2.98. The maximum absolute atomic E-state index is 2.93. The molecule has 0 spiro atoms. The predicted molar refractivity (Wildman–Crippen MR) is 32.9 cm³/mol. The number of rotatable bonds is 2. The molecule has 39 valence electrons. The van der Waals surface area contributed by atoms with Crippen LogP contribution in [0.2, 0.25) is 0 Å². The fraction of sp³-hybridized carbons (Fsp3) is 0.429. The van der Waals surface area contributed by atoms with Crippen molar-refractivity contribution in [2.24, 2.45) is 0 Å². The highest BCUT2D eigenvalue weighted by atomic mass is 13.7. The second-order valence-corrected chi connectivity index (χ2v) is 1.30. The standard InChI is InChI=1S/C7H11/c1-3-5-7-6-4-2/h3,5-6H,7H2,1-2H3. The fourth-order valence-electron chi connectivity index (χ4n) is 0.322. The van der Waals surface area contributed by atoms with E-state index in [0.29, 0.717) is 0 Å². The SMILES string of the molecule is C/[C]=C/CC=CC. The third-order valence-electron chi connectivity index (χ3n) is 0.694. The van der Waals surface area contributed by atoms with Gasteiger partial charge >= 0.3 is 0 Å². The quantitative estimate of drug-likeness (QED) is 0.462. The van der Waals surface area contributed by atoms with Gasteiger partial charge in [-0.1, -0.05) is 24.3 Å². The van der Waals surface area contributed by atoms with Gasteiger partial charge in [-0.2, -0.15) is 0 Å². The molecule has 0 bridgehead atoms. The molecule has 0 fully saturated rings. The first-order valence-corrected chi connectivity index (χ1v) is 2.52. The van der Waals surface area contributed by atoms with Gasteiger partial charge in [-0.3, -0.25) is 0 Å². The summed E-state index contributed by atoms with van der Waals surface area (Å²) in [4.78, 5) is 0. The van der Waals surface area contributed by atoms with E-state index >= 15 is 0 Å². The molecule has 0 aromatic rings. The first kappa shape index (κ1) is 6.48. The molecular weight excluding hydrogens is 84.1 g/mol. The molecule has 0 saturated carbocycles. The summed E-state index contributed by atoms with van der Waals surface area (Å²) in [6.07, 6.45) is 10.1. The first-order chi connectivity index (χ1) is 3.41. The van der Waals surface area contributed by atoms with E-state index < -0.39 is 0 Å². The number of hydrogen-bond acceptors (Lipinski definition) is 0. The van der Waals surface area contributed by atoms with Crippen molar-refractivity contribution < 1.29 is 0 Å². The smallest absolute Gasteiger partial charge is 0.0163 e. The van der Waals surface area contributed by atoms with Gasteiger partial charge in [-0.05, 0) is 20.3 Å². The second-order valence-electron chi connectivity index (χ2n) is 1.30. The molecular formula is C7H11. The lowest BCUT2D eigenvalue weighted by Gasteiger charge is -1.72. The van der Waals surface area contributed by atoms with Crippen LogP contribution in [0.1, 0.15) is 20.3 Å². The van der Waals surface area contributed by atoms with Crippen LogP contribution < -0.4 is 0 Å². The molecule has 0 aliphatic rings. The van der Waals surface area contributed by atoms with Crippen molar-refractivity contribution in [1.82, 2.24) is 0 Å². The van der Waals surface area contributed by atoms with Gasteiger partial charge in [0.05, 0.1) is 0 Å². The van der Waals surface area contributed by atoms with Crippen molar-refractivity contribution in [3.05, 3.63) is 24.3 Å². The lowest BCUT2D eigenvalue weighted by atomic mass is 10.3. The van der Waals surface area contributed by atoms with Crippen molar-refractivity contribution in [2.45, 2.75) is 20.3 Å². The second kappa shape index (κ2) is 5.48. The third kappa shape index (κ3) is 5.48. The molecule has 0 N–H and O–H groups in total. The Hall–Kier alpha value is -0.520. The van der Waals surface area contributed by atoms with Crippen molar-refractivity contribution in [2.75, 3.05) is 0 Å². The zero-order valence-corrected chi connectivity index (χ0v) is 4.94. The molecule has 0 heteroatoms. The van der Waals surface area contributed by atoms with Gasteiger partial charge in [0.15, 0.2) is 0 Å². The summed E-state index contributed by atoms with van der Waals surface area (Å²) in [5.74, 6) is 0. The highest BCUT2D eigenvalue weighted by Crippen LogP contribution is 1.82. The van der Waals surface area contributed by atoms with E-state index in [1.807, 2.05) is 26.0 Å². The molecule has 7 heavy (non-hydrogen) atoms. The van der Waals surface area contributed by atoms with Gasteiger partial charge in [0, 0.05) is 0 Å². The molecule has 0 amide bonds. The minimum absolute atomic E-state index is 1.02. The molecule has 0 unspecified atom stereocenters. The van der Waals surface area contributed by atoms with Crippen LogP contribution in [-0.2, 0) is 0 Å². The predicted octanol–water partition coefficient (Wildman–Crippen LogP) is 2.33. The minimum atomic E-state index is 1.02. The Bertz CT molecular complexity index is 58.1. The highest BCUT2D eigenvalue weighted by molar-refractivity contribution is 4.86. The van der Waals surface area contributed by atoms with Crippen LogP contribution >= 0.6 is 0 Å². The third-order valence-corrected chi connectivity index (χ3v) is 0.694. The molecule has 0 aliphatic heterocycles. The van der Waals surface area contributed by atoms with E-state index in [0.717, 1.165) is 6.42 Å². The van der Waals surface area contributed by atoms with Gasteiger partial charge in [-0.15, -0.1) is 0 Å². The van der Waals surface area contributed by atoms with Crippen LogP contribution in [0.5, 0.6) is 0 Å². The summed E-state index contributed by atoms with van der Waals surface area (Å²) in [6.45, 7) is 3.92. The average molecular weight is 95.2 g/mol. The maximum Gasteiger partial charge on any atom is -0.0163 e. The van der Waals surface area contributed by atoms with Crippen LogP contribution in [0.3, 0.4) is 0 Å². The van der Waals surface area contributed by atoms with Gasteiger partial charge in [-0.25, -0.2) is 0 Å². The lowest BCUT2D eigenvalue weighted by Crippen LogP contribution is -1.52. The topological polar surface area (TPSA) is 0 Å². The molecule has 0 aromatic heterocycles. The Morgan fingerprint density at radius 1 is 1.57 bits per heavy atom.